The molecule has 2 saturated heterocycles. The molecule has 2 aliphatic rings. The van der Waals surface area contributed by atoms with E-state index in [0.717, 1.165) is 5.56 Å². The topological polar surface area (TPSA) is 77.1 Å². The van der Waals surface area contributed by atoms with Crippen molar-refractivity contribution in [3.63, 3.8) is 0 Å². The fourth-order valence-electron chi connectivity index (χ4n) is 2.84. The van der Waals surface area contributed by atoms with E-state index in [0.29, 0.717) is 31.0 Å². The molecule has 2 heterocycles. The Hall–Kier alpha value is -2.44. The van der Waals surface area contributed by atoms with Crippen molar-refractivity contribution < 1.29 is 23.8 Å². The maximum atomic E-state index is 12.2. The van der Waals surface area contributed by atoms with Gasteiger partial charge in [-0.1, -0.05) is 6.07 Å². The number of hydrogen-bond donors (Lipinski definition) is 1. The van der Waals surface area contributed by atoms with Gasteiger partial charge in [-0.15, -0.1) is 0 Å². The molecule has 1 aromatic rings. The predicted octanol–water partition coefficient (Wildman–Crippen LogP) is 0.913. The number of hydrogen-bond acceptors (Lipinski definition) is 5. The number of urea groups is 1. The van der Waals surface area contributed by atoms with E-state index >= 15 is 0 Å². The Morgan fingerprint density at radius 3 is 2.77 bits per heavy atom. The normalized spacial score (nSPS) is 22.5. The Labute approximate surface area is 128 Å². The third-order valence-electron chi connectivity index (χ3n) is 3.97. The summed E-state index contributed by atoms with van der Waals surface area (Å²) in [5.41, 5.74) is 0.887. The molecule has 0 unspecified atom stereocenters. The number of rotatable bonds is 4. The van der Waals surface area contributed by atoms with Gasteiger partial charge in [0.05, 0.1) is 20.8 Å². The minimum atomic E-state index is -0.435. The van der Waals surface area contributed by atoms with Crippen molar-refractivity contribution >= 4 is 12.0 Å². The van der Waals surface area contributed by atoms with Gasteiger partial charge in [0.25, 0.3) is 0 Å². The van der Waals surface area contributed by atoms with Crippen LogP contribution in [0.25, 0.3) is 0 Å². The van der Waals surface area contributed by atoms with Gasteiger partial charge in [0.1, 0.15) is 12.1 Å². The third-order valence-corrected chi connectivity index (χ3v) is 3.97. The molecule has 3 rings (SSSR count). The van der Waals surface area contributed by atoms with Gasteiger partial charge in [0.15, 0.2) is 11.5 Å². The van der Waals surface area contributed by atoms with Crippen LogP contribution in [0.1, 0.15) is 12.0 Å². The second kappa shape index (κ2) is 5.75. The number of likely N-dealkylation sites (tertiary alicyclic amines) is 1. The van der Waals surface area contributed by atoms with Crippen molar-refractivity contribution in [2.24, 2.45) is 0 Å². The monoisotopic (exact) mass is 306 g/mol. The highest BCUT2D eigenvalue weighted by Crippen LogP contribution is 2.29. The zero-order valence-electron chi connectivity index (χ0n) is 12.5. The van der Waals surface area contributed by atoms with Gasteiger partial charge in [0, 0.05) is 13.0 Å². The summed E-state index contributed by atoms with van der Waals surface area (Å²) < 4.78 is 15.5. The molecule has 2 amide bonds. The fourth-order valence-corrected chi connectivity index (χ4v) is 2.84. The molecule has 7 nitrogen and oxygen atoms in total. The molecule has 0 saturated carbocycles. The molecule has 22 heavy (non-hydrogen) atoms. The van der Waals surface area contributed by atoms with E-state index in [1.807, 2.05) is 12.1 Å². The first-order valence-electron chi connectivity index (χ1n) is 7.08. The van der Waals surface area contributed by atoms with Crippen molar-refractivity contribution in [2.45, 2.75) is 25.1 Å². The average Bonchev–Trinajstić information content (AvgIpc) is 3.11. The van der Waals surface area contributed by atoms with Gasteiger partial charge in [-0.25, -0.2) is 9.59 Å². The number of carbonyl (C=O) groups is 2. The summed E-state index contributed by atoms with van der Waals surface area (Å²) in [4.78, 5) is 25.2. The van der Waals surface area contributed by atoms with Crippen molar-refractivity contribution in [1.82, 2.24) is 10.2 Å². The van der Waals surface area contributed by atoms with E-state index in [1.54, 1.807) is 20.3 Å². The molecule has 2 fully saturated rings. The largest absolute Gasteiger partial charge is 0.493 e. The molecule has 7 heteroatoms. The summed E-state index contributed by atoms with van der Waals surface area (Å²) >= 11 is 0. The Morgan fingerprint density at radius 1 is 1.36 bits per heavy atom. The van der Waals surface area contributed by atoms with Crippen molar-refractivity contribution in [3.05, 3.63) is 23.8 Å². The standard InChI is InChI=1S/C15H18N2O5/c1-20-12-4-3-9(5-13(12)21-2)7-16-15(19)17-8-10-6-11(17)14(18)22-10/h3-5,10-11H,6-8H2,1-2H3,(H,16,19)/t10-,11-/m1/s1. The van der Waals surface area contributed by atoms with Gasteiger partial charge in [-0.3, -0.25) is 0 Å². The lowest BCUT2D eigenvalue weighted by molar-refractivity contribution is -0.149. The average molecular weight is 306 g/mol. The van der Waals surface area contributed by atoms with Crippen LogP contribution >= 0.6 is 0 Å². The highest BCUT2D eigenvalue weighted by molar-refractivity contribution is 5.86. The third kappa shape index (κ3) is 2.54. The molecular formula is C15H18N2O5. The number of esters is 1. The first kappa shape index (κ1) is 14.5. The van der Waals surface area contributed by atoms with Crippen molar-refractivity contribution in [3.8, 4) is 11.5 Å². The number of fused-ring (bicyclic) bond motifs is 2. The van der Waals surface area contributed by atoms with E-state index in [2.05, 4.69) is 5.32 Å². The van der Waals surface area contributed by atoms with E-state index < -0.39 is 6.04 Å². The second-order valence-corrected chi connectivity index (χ2v) is 5.31. The Morgan fingerprint density at radius 2 is 2.14 bits per heavy atom. The molecule has 0 aromatic heterocycles. The van der Waals surface area contributed by atoms with Crippen LogP contribution in [0.4, 0.5) is 4.79 Å². The molecule has 2 aliphatic heterocycles. The molecule has 1 N–H and O–H groups in total. The summed E-state index contributed by atoms with van der Waals surface area (Å²) in [5, 5.41) is 2.82. The predicted molar refractivity (Wildman–Crippen MR) is 76.8 cm³/mol. The Bertz CT molecular complexity index is 604. The molecule has 2 atom stereocenters. The summed E-state index contributed by atoms with van der Waals surface area (Å²) in [6.45, 7) is 0.816. The number of carbonyl (C=O) groups excluding carboxylic acids is 2. The lowest BCUT2D eigenvalue weighted by atomic mass is 10.2. The quantitative estimate of drug-likeness (QED) is 0.837. The van der Waals surface area contributed by atoms with Crippen LogP contribution < -0.4 is 14.8 Å². The number of amides is 2. The minimum Gasteiger partial charge on any atom is -0.493 e. The number of nitrogens with one attached hydrogen (secondary N) is 1. The number of nitrogens with zero attached hydrogens (tertiary/aromatic N) is 1. The highest BCUT2D eigenvalue weighted by atomic mass is 16.6. The molecule has 1 aromatic carbocycles. The Balaban J connectivity index is 1.61. The molecule has 2 bridgehead atoms. The van der Waals surface area contributed by atoms with Crippen LogP contribution in [0.5, 0.6) is 11.5 Å². The number of ether oxygens (including phenoxy) is 3. The van der Waals surface area contributed by atoms with Crippen LogP contribution in [0.15, 0.2) is 18.2 Å². The van der Waals surface area contributed by atoms with Crippen molar-refractivity contribution in [2.75, 3.05) is 20.8 Å². The van der Waals surface area contributed by atoms with E-state index in [-0.39, 0.29) is 18.1 Å². The maximum absolute atomic E-state index is 12.2. The molecule has 118 valence electrons. The van der Waals surface area contributed by atoms with E-state index in [4.69, 9.17) is 14.2 Å². The summed E-state index contributed by atoms with van der Waals surface area (Å²) in [5.74, 6) is 0.938. The van der Waals surface area contributed by atoms with Crippen LogP contribution in [-0.2, 0) is 16.1 Å². The van der Waals surface area contributed by atoms with Crippen LogP contribution in [-0.4, -0.2) is 49.8 Å². The number of morpholine rings is 1. The number of methoxy groups -OCH3 is 2. The van der Waals surface area contributed by atoms with E-state index in [1.165, 1.54) is 4.90 Å². The van der Waals surface area contributed by atoms with Crippen molar-refractivity contribution in [1.29, 1.82) is 0 Å². The lowest BCUT2D eigenvalue weighted by Gasteiger charge is -2.25. The second-order valence-electron chi connectivity index (χ2n) is 5.31. The molecule has 0 aliphatic carbocycles. The minimum absolute atomic E-state index is 0.149. The van der Waals surface area contributed by atoms with Crippen LogP contribution in [0, 0.1) is 0 Å². The highest BCUT2D eigenvalue weighted by Gasteiger charge is 2.48. The fraction of sp³-hybridized carbons (Fsp3) is 0.467. The number of benzene rings is 1. The smallest absolute Gasteiger partial charge is 0.329 e. The first-order chi connectivity index (χ1) is 10.6. The molecule has 0 radical (unpaired) electrons. The van der Waals surface area contributed by atoms with Gasteiger partial charge < -0.3 is 24.4 Å². The van der Waals surface area contributed by atoms with Gasteiger partial charge in [0.2, 0.25) is 0 Å². The maximum Gasteiger partial charge on any atom is 0.329 e. The lowest BCUT2D eigenvalue weighted by Crippen LogP contribution is -2.48. The Kier molecular flexibility index (Phi) is 3.79. The van der Waals surface area contributed by atoms with Gasteiger partial charge >= 0.3 is 12.0 Å². The summed E-state index contributed by atoms with van der Waals surface area (Å²) in [6, 6.07) is 4.76. The zero-order valence-corrected chi connectivity index (χ0v) is 12.5. The van der Waals surface area contributed by atoms with Gasteiger partial charge in [-0.2, -0.15) is 0 Å². The zero-order chi connectivity index (χ0) is 15.7. The first-order valence-corrected chi connectivity index (χ1v) is 7.08. The molecular weight excluding hydrogens is 288 g/mol. The SMILES string of the molecule is COc1ccc(CNC(=O)N2C[C@H]3C[C@@H]2C(=O)O3)cc1OC. The summed E-state index contributed by atoms with van der Waals surface area (Å²) in [6.07, 6.45) is 0.451. The van der Waals surface area contributed by atoms with E-state index in [9.17, 15) is 9.59 Å². The summed E-state index contributed by atoms with van der Waals surface area (Å²) in [7, 11) is 3.13. The van der Waals surface area contributed by atoms with Crippen LogP contribution in [0.3, 0.4) is 0 Å². The van der Waals surface area contributed by atoms with Crippen LogP contribution in [0.2, 0.25) is 0 Å². The van der Waals surface area contributed by atoms with Gasteiger partial charge in [-0.05, 0) is 17.7 Å². The molecule has 0 spiro atoms.